The molecule has 8 nitrogen and oxygen atoms in total. The van der Waals surface area contributed by atoms with Crippen molar-refractivity contribution >= 4 is 23.9 Å². The third-order valence-electron chi connectivity index (χ3n) is 3.07. The number of carbonyl (C=O) groups is 4. The zero-order chi connectivity index (χ0) is 24.2. The lowest BCUT2D eigenvalue weighted by Gasteiger charge is -2.07. The van der Waals surface area contributed by atoms with Gasteiger partial charge in [0.2, 0.25) is 0 Å². The predicted octanol–water partition coefficient (Wildman–Crippen LogP) is 3.37. The van der Waals surface area contributed by atoms with Crippen LogP contribution in [0, 0.1) is 0 Å². The molecule has 1 aromatic rings. The van der Waals surface area contributed by atoms with Crippen molar-refractivity contribution in [3.8, 4) is 0 Å². The van der Waals surface area contributed by atoms with E-state index in [2.05, 4.69) is 35.8 Å². The fourth-order valence-electron chi connectivity index (χ4n) is 1.78. The van der Waals surface area contributed by atoms with Gasteiger partial charge in [-0.1, -0.05) is 62.8 Å². The number of ether oxygens (including phenoxy) is 4. The highest BCUT2D eigenvalue weighted by Gasteiger charge is 2.18. The Hall–Kier alpha value is -4.20. The summed E-state index contributed by atoms with van der Waals surface area (Å²) in [6.45, 7) is 14.0. The largest absolute Gasteiger partial charge is 0.458 e. The maximum absolute atomic E-state index is 11.7. The van der Waals surface area contributed by atoms with E-state index in [9.17, 15) is 19.2 Å². The normalized spacial score (nSPS) is 9.38. The molecule has 0 saturated carbocycles. The van der Waals surface area contributed by atoms with Crippen LogP contribution in [0.5, 0.6) is 0 Å². The van der Waals surface area contributed by atoms with Crippen molar-refractivity contribution in [2.24, 2.45) is 0 Å². The Bertz CT molecular complexity index is 782. The van der Waals surface area contributed by atoms with Crippen LogP contribution < -0.4 is 0 Å². The molecule has 0 spiro atoms. The maximum Gasteiger partial charge on any atom is 0.339 e. The highest BCUT2D eigenvalue weighted by molar-refractivity contribution is 6.03. The van der Waals surface area contributed by atoms with Gasteiger partial charge < -0.3 is 18.9 Å². The van der Waals surface area contributed by atoms with Crippen LogP contribution in [0.1, 0.15) is 20.7 Å². The van der Waals surface area contributed by atoms with Gasteiger partial charge in [0.1, 0.15) is 26.4 Å². The SMILES string of the molecule is C=CCOC(=O)/C=C\C(=O)OCC=C.C=CCOC(=O)c1ccccc1C(=O)OCC=C. The van der Waals surface area contributed by atoms with Gasteiger partial charge in [0.05, 0.1) is 11.1 Å². The van der Waals surface area contributed by atoms with Gasteiger partial charge in [-0.3, -0.25) is 0 Å². The number of hydrogen-bond acceptors (Lipinski definition) is 8. The van der Waals surface area contributed by atoms with E-state index < -0.39 is 23.9 Å². The number of hydrogen-bond donors (Lipinski definition) is 0. The summed E-state index contributed by atoms with van der Waals surface area (Å²) < 4.78 is 18.9. The second-order valence-electron chi connectivity index (χ2n) is 5.49. The Kier molecular flexibility index (Phi) is 15.3. The minimum Gasteiger partial charge on any atom is -0.458 e. The fraction of sp³-hybridized carbons (Fsp3) is 0.167. The fourth-order valence-corrected chi connectivity index (χ4v) is 1.78. The molecule has 0 amide bonds. The molecule has 0 bridgehead atoms. The predicted molar refractivity (Wildman–Crippen MR) is 119 cm³/mol. The molecule has 0 fully saturated rings. The summed E-state index contributed by atoms with van der Waals surface area (Å²) in [7, 11) is 0. The summed E-state index contributed by atoms with van der Waals surface area (Å²) in [6.07, 6.45) is 7.76. The second-order valence-corrected chi connectivity index (χ2v) is 5.49. The summed E-state index contributed by atoms with van der Waals surface area (Å²) in [5.41, 5.74) is 0.349. The molecule has 0 heterocycles. The van der Waals surface area contributed by atoms with E-state index in [1.807, 2.05) is 0 Å². The van der Waals surface area contributed by atoms with Crippen LogP contribution in [0.3, 0.4) is 0 Å². The molecule has 1 rings (SSSR count). The molecular formula is C24H26O8. The highest BCUT2D eigenvalue weighted by atomic mass is 16.5. The molecule has 0 atom stereocenters. The van der Waals surface area contributed by atoms with Gasteiger partial charge in [-0.15, -0.1) is 0 Å². The molecule has 0 aliphatic heterocycles. The monoisotopic (exact) mass is 442 g/mol. The Labute approximate surface area is 187 Å². The Balaban J connectivity index is 0.000000622. The van der Waals surface area contributed by atoms with Crippen molar-refractivity contribution in [2.75, 3.05) is 26.4 Å². The first-order valence-electron chi connectivity index (χ1n) is 9.29. The zero-order valence-corrected chi connectivity index (χ0v) is 17.7. The molecule has 0 N–H and O–H groups in total. The third-order valence-corrected chi connectivity index (χ3v) is 3.07. The van der Waals surface area contributed by atoms with E-state index in [0.717, 1.165) is 12.2 Å². The van der Waals surface area contributed by atoms with E-state index in [4.69, 9.17) is 9.47 Å². The topological polar surface area (TPSA) is 105 Å². The van der Waals surface area contributed by atoms with Crippen LogP contribution in [-0.4, -0.2) is 50.3 Å². The van der Waals surface area contributed by atoms with Crippen molar-refractivity contribution in [1.29, 1.82) is 0 Å². The lowest BCUT2D eigenvalue weighted by atomic mass is 10.1. The molecule has 8 heteroatoms. The molecule has 0 radical (unpaired) electrons. The second kappa shape index (κ2) is 17.6. The number of benzene rings is 1. The van der Waals surface area contributed by atoms with Crippen molar-refractivity contribution < 1.29 is 38.1 Å². The quantitative estimate of drug-likeness (QED) is 0.210. The molecule has 0 aliphatic carbocycles. The first-order valence-corrected chi connectivity index (χ1v) is 9.29. The van der Waals surface area contributed by atoms with Gasteiger partial charge >= 0.3 is 23.9 Å². The van der Waals surface area contributed by atoms with Gasteiger partial charge in [-0.05, 0) is 12.1 Å². The van der Waals surface area contributed by atoms with Crippen molar-refractivity contribution in [3.05, 3.63) is 98.2 Å². The Morgan fingerprint density at radius 1 is 0.594 bits per heavy atom. The lowest BCUT2D eigenvalue weighted by molar-refractivity contribution is -0.139. The number of carbonyl (C=O) groups excluding carboxylic acids is 4. The van der Waals surface area contributed by atoms with E-state index >= 15 is 0 Å². The zero-order valence-electron chi connectivity index (χ0n) is 17.7. The van der Waals surface area contributed by atoms with Crippen LogP contribution >= 0.6 is 0 Å². The molecule has 32 heavy (non-hydrogen) atoms. The molecule has 1 aromatic carbocycles. The van der Waals surface area contributed by atoms with Crippen molar-refractivity contribution in [1.82, 2.24) is 0 Å². The minimum absolute atomic E-state index is 0.0921. The molecular weight excluding hydrogens is 416 g/mol. The number of rotatable bonds is 12. The van der Waals surface area contributed by atoms with Crippen LogP contribution in [-0.2, 0) is 28.5 Å². The van der Waals surface area contributed by atoms with Crippen LogP contribution in [0.25, 0.3) is 0 Å². The van der Waals surface area contributed by atoms with Crippen LogP contribution in [0.2, 0.25) is 0 Å². The lowest BCUT2D eigenvalue weighted by Crippen LogP contribution is -2.14. The van der Waals surface area contributed by atoms with Crippen LogP contribution in [0.4, 0.5) is 0 Å². The Morgan fingerprint density at radius 3 is 1.22 bits per heavy atom. The third kappa shape index (κ3) is 12.4. The van der Waals surface area contributed by atoms with E-state index in [1.165, 1.54) is 36.4 Å². The van der Waals surface area contributed by atoms with Crippen LogP contribution in [0.15, 0.2) is 87.0 Å². The van der Waals surface area contributed by atoms with E-state index in [0.29, 0.717) is 0 Å². The molecule has 170 valence electrons. The van der Waals surface area contributed by atoms with Gasteiger partial charge in [0.15, 0.2) is 0 Å². The summed E-state index contributed by atoms with van der Waals surface area (Å²) >= 11 is 0. The van der Waals surface area contributed by atoms with E-state index in [1.54, 1.807) is 12.1 Å². The van der Waals surface area contributed by atoms with Gasteiger partial charge in [-0.2, -0.15) is 0 Å². The Morgan fingerprint density at radius 2 is 0.906 bits per heavy atom. The van der Waals surface area contributed by atoms with Gasteiger partial charge in [0.25, 0.3) is 0 Å². The maximum atomic E-state index is 11.7. The molecule has 0 aromatic heterocycles. The molecule has 0 unspecified atom stereocenters. The summed E-state index contributed by atoms with van der Waals surface area (Å²) in [4.78, 5) is 45.0. The average Bonchev–Trinajstić information content (AvgIpc) is 2.82. The van der Waals surface area contributed by atoms with Crippen molar-refractivity contribution in [2.45, 2.75) is 0 Å². The molecule has 0 aliphatic rings. The molecule has 0 saturated heterocycles. The summed E-state index contributed by atoms with van der Waals surface area (Å²) in [5.74, 6) is -2.39. The standard InChI is InChI=1S/C14H14O4.C10H12O4/c1-3-9-17-13(15)11-7-5-6-8-12(11)14(16)18-10-4-2;1-3-7-13-9(11)5-6-10(12)14-8-4-2/h3-8H,1-2,9-10H2;3-6H,1-2,7-8H2/b;6-5-. The summed E-state index contributed by atoms with van der Waals surface area (Å²) in [5, 5.41) is 0. The van der Waals surface area contributed by atoms with Crippen molar-refractivity contribution in [3.63, 3.8) is 0 Å². The van der Waals surface area contributed by atoms with E-state index in [-0.39, 0.29) is 37.6 Å². The first kappa shape index (κ1) is 27.8. The number of esters is 4. The first-order chi connectivity index (χ1) is 15.4. The smallest absolute Gasteiger partial charge is 0.339 e. The average molecular weight is 442 g/mol. The van der Waals surface area contributed by atoms with Gasteiger partial charge in [-0.25, -0.2) is 19.2 Å². The highest BCUT2D eigenvalue weighted by Crippen LogP contribution is 2.12. The minimum atomic E-state index is -0.611. The van der Waals surface area contributed by atoms with Gasteiger partial charge in [0, 0.05) is 12.2 Å². The summed E-state index contributed by atoms with van der Waals surface area (Å²) in [6, 6.07) is 6.31.